The number of nitrogens with two attached hydrogens (primary N) is 1. The molecule has 0 saturated carbocycles. The molecule has 26 heavy (non-hydrogen) atoms. The summed E-state index contributed by atoms with van der Waals surface area (Å²) < 4.78 is 10.6. The summed E-state index contributed by atoms with van der Waals surface area (Å²) in [5.41, 5.74) is 5.52. The highest BCUT2D eigenvalue weighted by Crippen LogP contribution is 2.17. The lowest BCUT2D eigenvalue weighted by Gasteiger charge is -2.34. The maximum absolute atomic E-state index is 12.3. The number of piperazine rings is 1. The standard InChI is InChI=1S/C18H19N3O5/c19-17(23)13-4-1-2-5-14(13)26-12-16(22)20-7-9-21(10-8-20)18(24)15-6-3-11-25-15/h1-6,11H,7-10,12H2,(H2,19,23). The number of para-hydroxylation sites is 1. The Labute approximate surface area is 150 Å². The first-order valence-electron chi connectivity index (χ1n) is 8.18. The van der Waals surface area contributed by atoms with Crippen molar-refractivity contribution in [3.63, 3.8) is 0 Å². The van der Waals surface area contributed by atoms with Crippen LogP contribution in [0, 0.1) is 0 Å². The van der Waals surface area contributed by atoms with Crippen LogP contribution < -0.4 is 10.5 Å². The van der Waals surface area contributed by atoms with E-state index in [-0.39, 0.29) is 35.5 Å². The van der Waals surface area contributed by atoms with Crippen LogP contribution in [0.5, 0.6) is 5.75 Å². The number of hydrogen-bond donors (Lipinski definition) is 1. The van der Waals surface area contributed by atoms with Crippen molar-refractivity contribution in [2.24, 2.45) is 5.73 Å². The van der Waals surface area contributed by atoms with Crippen molar-refractivity contribution in [2.45, 2.75) is 0 Å². The Hall–Kier alpha value is -3.29. The van der Waals surface area contributed by atoms with E-state index in [1.807, 2.05) is 0 Å². The van der Waals surface area contributed by atoms with E-state index >= 15 is 0 Å². The highest BCUT2D eigenvalue weighted by atomic mass is 16.5. The Morgan fingerprint density at radius 2 is 1.69 bits per heavy atom. The Morgan fingerprint density at radius 1 is 1.00 bits per heavy atom. The molecule has 0 radical (unpaired) electrons. The third-order valence-electron chi connectivity index (χ3n) is 4.16. The van der Waals surface area contributed by atoms with Gasteiger partial charge in [-0.1, -0.05) is 12.1 Å². The van der Waals surface area contributed by atoms with Gasteiger partial charge in [0.2, 0.25) is 0 Å². The number of benzene rings is 1. The van der Waals surface area contributed by atoms with Crippen molar-refractivity contribution in [3.8, 4) is 5.75 Å². The topological polar surface area (TPSA) is 106 Å². The van der Waals surface area contributed by atoms with Gasteiger partial charge in [-0.2, -0.15) is 0 Å². The van der Waals surface area contributed by atoms with Crippen molar-refractivity contribution in [1.82, 2.24) is 9.80 Å². The summed E-state index contributed by atoms with van der Waals surface area (Å²) in [4.78, 5) is 39.2. The molecule has 1 aliphatic rings. The Kier molecular flexibility index (Phi) is 5.21. The summed E-state index contributed by atoms with van der Waals surface area (Å²) in [6.45, 7) is 1.46. The Morgan fingerprint density at radius 3 is 2.35 bits per heavy atom. The molecule has 1 aliphatic heterocycles. The van der Waals surface area contributed by atoms with Crippen LogP contribution >= 0.6 is 0 Å². The number of carbonyl (C=O) groups is 3. The van der Waals surface area contributed by atoms with Crippen molar-refractivity contribution in [3.05, 3.63) is 54.0 Å². The van der Waals surface area contributed by atoms with Gasteiger partial charge in [-0.3, -0.25) is 14.4 Å². The van der Waals surface area contributed by atoms with E-state index in [1.165, 1.54) is 6.26 Å². The first kappa shape index (κ1) is 17.5. The molecule has 136 valence electrons. The predicted octanol–water partition coefficient (Wildman–Crippen LogP) is 0.742. The van der Waals surface area contributed by atoms with Gasteiger partial charge in [0.15, 0.2) is 12.4 Å². The first-order chi connectivity index (χ1) is 12.6. The minimum Gasteiger partial charge on any atom is -0.483 e. The molecule has 0 atom stereocenters. The second kappa shape index (κ2) is 7.73. The summed E-state index contributed by atoms with van der Waals surface area (Å²) in [6, 6.07) is 9.78. The van der Waals surface area contributed by atoms with Crippen LogP contribution in [-0.2, 0) is 4.79 Å². The molecule has 3 amide bonds. The van der Waals surface area contributed by atoms with Crippen LogP contribution in [0.1, 0.15) is 20.9 Å². The predicted molar refractivity (Wildman–Crippen MR) is 91.6 cm³/mol. The number of amides is 3. The lowest BCUT2D eigenvalue weighted by Crippen LogP contribution is -2.51. The van der Waals surface area contributed by atoms with Crippen LogP contribution in [0.4, 0.5) is 0 Å². The number of nitrogens with zero attached hydrogens (tertiary/aromatic N) is 2. The monoisotopic (exact) mass is 357 g/mol. The van der Waals surface area contributed by atoms with Gasteiger partial charge in [0.1, 0.15) is 5.75 Å². The fraction of sp³-hybridized carbons (Fsp3) is 0.278. The van der Waals surface area contributed by atoms with Crippen LogP contribution in [0.25, 0.3) is 0 Å². The molecule has 2 heterocycles. The second-order valence-electron chi connectivity index (χ2n) is 5.80. The lowest BCUT2D eigenvalue weighted by molar-refractivity contribution is -0.134. The molecule has 0 spiro atoms. The molecular formula is C18H19N3O5. The minimum atomic E-state index is -0.613. The number of furan rings is 1. The van der Waals surface area contributed by atoms with Crippen molar-refractivity contribution >= 4 is 17.7 Å². The van der Waals surface area contributed by atoms with Gasteiger partial charge in [-0.05, 0) is 24.3 Å². The molecule has 1 fully saturated rings. The van der Waals surface area contributed by atoms with Crippen molar-refractivity contribution in [2.75, 3.05) is 32.8 Å². The fourth-order valence-corrected chi connectivity index (χ4v) is 2.74. The van der Waals surface area contributed by atoms with Crippen LogP contribution in [-0.4, -0.2) is 60.3 Å². The summed E-state index contributed by atoms with van der Waals surface area (Å²) in [5.74, 6) is -0.447. The van der Waals surface area contributed by atoms with Crippen molar-refractivity contribution in [1.29, 1.82) is 0 Å². The average Bonchev–Trinajstić information content (AvgIpc) is 3.20. The van der Waals surface area contributed by atoms with E-state index < -0.39 is 5.91 Å². The maximum Gasteiger partial charge on any atom is 0.289 e. The smallest absolute Gasteiger partial charge is 0.289 e. The molecule has 8 nitrogen and oxygen atoms in total. The summed E-state index contributed by atoms with van der Waals surface area (Å²) in [6.07, 6.45) is 1.45. The van der Waals surface area contributed by atoms with Gasteiger partial charge in [0, 0.05) is 26.2 Å². The van der Waals surface area contributed by atoms with E-state index in [1.54, 1.807) is 46.2 Å². The number of hydrogen-bond acceptors (Lipinski definition) is 5. The molecule has 8 heteroatoms. The summed E-state index contributed by atoms with van der Waals surface area (Å²) >= 11 is 0. The van der Waals surface area contributed by atoms with Gasteiger partial charge in [0.05, 0.1) is 11.8 Å². The maximum atomic E-state index is 12.3. The second-order valence-corrected chi connectivity index (χ2v) is 5.80. The molecule has 1 aromatic carbocycles. The van der Waals surface area contributed by atoms with Gasteiger partial charge < -0.3 is 24.7 Å². The zero-order valence-electron chi connectivity index (χ0n) is 14.1. The SMILES string of the molecule is NC(=O)c1ccccc1OCC(=O)N1CCN(C(=O)c2ccco2)CC1. The number of rotatable bonds is 5. The molecule has 2 aromatic rings. The first-order valence-corrected chi connectivity index (χ1v) is 8.18. The fourth-order valence-electron chi connectivity index (χ4n) is 2.74. The summed E-state index contributed by atoms with van der Waals surface area (Å²) in [7, 11) is 0. The number of carbonyl (C=O) groups excluding carboxylic acids is 3. The molecule has 0 aliphatic carbocycles. The van der Waals surface area contributed by atoms with E-state index in [0.29, 0.717) is 26.2 Å². The Bertz CT molecular complexity index is 795. The lowest BCUT2D eigenvalue weighted by atomic mass is 10.2. The molecule has 3 rings (SSSR count). The van der Waals surface area contributed by atoms with Gasteiger partial charge >= 0.3 is 0 Å². The number of ether oxygens (including phenoxy) is 1. The van der Waals surface area contributed by atoms with Gasteiger partial charge in [-0.15, -0.1) is 0 Å². The van der Waals surface area contributed by atoms with E-state index in [4.69, 9.17) is 14.9 Å². The highest BCUT2D eigenvalue weighted by molar-refractivity contribution is 5.95. The zero-order chi connectivity index (χ0) is 18.5. The molecule has 1 saturated heterocycles. The largest absolute Gasteiger partial charge is 0.483 e. The van der Waals surface area contributed by atoms with Gasteiger partial charge in [-0.25, -0.2) is 0 Å². The van der Waals surface area contributed by atoms with Crippen LogP contribution in [0.15, 0.2) is 47.1 Å². The van der Waals surface area contributed by atoms with Crippen molar-refractivity contribution < 1.29 is 23.5 Å². The molecule has 0 bridgehead atoms. The average molecular weight is 357 g/mol. The molecule has 1 aromatic heterocycles. The minimum absolute atomic E-state index is 0.186. The zero-order valence-corrected chi connectivity index (χ0v) is 14.1. The third-order valence-corrected chi connectivity index (χ3v) is 4.16. The van der Waals surface area contributed by atoms with Crippen LogP contribution in [0.2, 0.25) is 0 Å². The van der Waals surface area contributed by atoms with Gasteiger partial charge in [0.25, 0.3) is 17.7 Å². The van der Waals surface area contributed by atoms with Crippen LogP contribution in [0.3, 0.4) is 0 Å². The van der Waals surface area contributed by atoms with E-state index in [2.05, 4.69) is 0 Å². The van der Waals surface area contributed by atoms with E-state index in [0.717, 1.165) is 0 Å². The summed E-state index contributed by atoms with van der Waals surface area (Å²) in [5, 5.41) is 0. The quantitative estimate of drug-likeness (QED) is 0.850. The van der Waals surface area contributed by atoms with E-state index in [9.17, 15) is 14.4 Å². The Balaban J connectivity index is 1.51. The molecule has 2 N–H and O–H groups in total. The highest BCUT2D eigenvalue weighted by Gasteiger charge is 2.26. The normalized spacial score (nSPS) is 14.2. The number of primary amides is 1. The third kappa shape index (κ3) is 3.85. The molecule has 0 unspecified atom stereocenters. The molecular weight excluding hydrogens is 338 g/mol.